The molecule has 0 amide bonds. The van der Waals surface area contributed by atoms with Crippen LogP contribution in [0.1, 0.15) is 76.6 Å². The Morgan fingerprint density at radius 1 is 0.722 bits per heavy atom. The lowest BCUT2D eigenvalue weighted by Crippen LogP contribution is -2.34. The van der Waals surface area contributed by atoms with Crippen molar-refractivity contribution in [3.63, 3.8) is 0 Å². The molecule has 0 bridgehead atoms. The fraction of sp³-hybridized carbons (Fsp3) is 0.667. The molecule has 0 saturated carbocycles. The van der Waals surface area contributed by atoms with Crippen molar-refractivity contribution in [2.24, 2.45) is 0 Å². The third-order valence-corrected chi connectivity index (χ3v) is 4.47. The minimum absolute atomic E-state index is 0.351. The van der Waals surface area contributed by atoms with Crippen molar-refractivity contribution in [1.29, 1.82) is 0 Å². The first-order chi connectivity index (χ1) is 8.24. The topological polar surface area (TPSA) is 0 Å². The standard InChI is InChI=1S/C16H24.C2H6/c1-11-9-13-14(10-12(11)2)16(5,6)8-7-15(13,3)4;1-2/h9-10H,7-8H2,1-6H3;1-2H3. The van der Waals surface area contributed by atoms with Gasteiger partial charge in [-0.1, -0.05) is 53.7 Å². The molecule has 0 saturated heterocycles. The van der Waals surface area contributed by atoms with Crippen LogP contribution in [0.3, 0.4) is 0 Å². The van der Waals surface area contributed by atoms with E-state index in [0.717, 1.165) is 0 Å². The minimum Gasteiger partial charge on any atom is -0.0683 e. The number of hydrogen-bond donors (Lipinski definition) is 0. The normalized spacial score (nSPS) is 19.6. The van der Waals surface area contributed by atoms with Gasteiger partial charge >= 0.3 is 0 Å². The summed E-state index contributed by atoms with van der Waals surface area (Å²) in [5, 5.41) is 0. The summed E-state index contributed by atoms with van der Waals surface area (Å²) in [5.41, 5.74) is 6.72. The number of hydrogen-bond acceptors (Lipinski definition) is 0. The van der Waals surface area contributed by atoms with Crippen molar-refractivity contribution in [2.45, 2.75) is 79.1 Å². The van der Waals surface area contributed by atoms with E-state index in [-0.39, 0.29) is 0 Å². The average molecular weight is 246 g/mol. The van der Waals surface area contributed by atoms with E-state index in [2.05, 4.69) is 53.7 Å². The van der Waals surface area contributed by atoms with E-state index in [4.69, 9.17) is 0 Å². The maximum Gasteiger partial charge on any atom is -0.0100 e. The van der Waals surface area contributed by atoms with Crippen LogP contribution in [-0.4, -0.2) is 0 Å². The Bertz CT molecular complexity index is 381. The molecule has 18 heavy (non-hydrogen) atoms. The molecule has 0 aliphatic heterocycles. The molecule has 0 heterocycles. The van der Waals surface area contributed by atoms with Gasteiger partial charge in [0, 0.05) is 0 Å². The zero-order chi connectivity index (χ0) is 14.1. The highest BCUT2D eigenvalue weighted by molar-refractivity contribution is 5.46. The van der Waals surface area contributed by atoms with E-state index in [9.17, 15) is 0 Å². The molecule has 2 rings (SSSR count). The largest absolute Gasteiger partial charge is 0.0683 e. The maximum absolute atomic E-state index is 2.42. The third kappa shape index (κ3) is 2.63. The first-order valence-electron chi connectivity index (χ1n) is 7.36. The lowest BCUT2D eigenvalue weighted by atomic mass is 9.62. The predicted molar refractivity (Wildman–Crippen MR) is 82.6 cm³/mol. The minimum atomic E-state index is 0.351. The average Bonchev–Trinajstić information content (AvgIpc) is 2.31. The van der Waals surface area contributed by atoms with Crippen LogP contribution >= 0.6 is 0 Å². The molecule has 1 aromatic carbocycles. The van der Waals surface area contributed by atoms with Crippen molar-refractivity contribution in [3.05, 3.63) is 34.4 Å². The summed E-state index contributed by atoms with van der Waals surface area (Å²) in [5.74, 6) is 0. The molecule has 0 heteroatoms. The van der Waals surface area contributed by atoms with Gasteiger partial charge in [-0.2, -0.15) is 0 Å². The van der Waals surface area contributed by atoms with E-state index < -0.39 is 0 Å². The molecule has 102 valence electrons. The maximum atomic E-state index is 2.42. The van der Waals surface area contributed by atoms with Crippen LogP contribution in [0.25, 0.3) is 0 Å². The van der Waals surface area contributed by atoms with Crippen LogP contribution in [0.4, 0.5) is 0 Å². The second-order valence-electron chi connectivity index (χ2n) is 6.75. The Morgan fingerprint density at radius 3 is 1.28 bits per heavy atom. The molecule has 1 aliphatic rings. The van der Waals surface area contributed by atoms with Crippen molar-refractivity contribution < 1.29 is 0 Å². The quantitative estimate of drug-likeness (QED) is 0.552. The van der Waals surface area contributed by atoms with Crippen LogP contribution in [0, 0.1) is 13.8 Å². The number of benzene rings is 1. The highest BCUT2D eigenvalue weighted by atomic mass is 14.4. The lowest BCUT2D eigenvalue weighted by Gasteiger charge is -2.42. The van der Waals surface area contributed by atoms with Crippen LogP contribution < -0.4 is 0 Å². The molecule has 0 unspecified atom stereocenters. The van der Waals surface area contributed by atoms with Gasteiger partial charge in [0.05, 0.1) is 0 Å². The molecule has 0 nitrogen and oxygen atoms in total. The van der Waals surface area contributed by atoms with Crippen molar-refractivity contribution in [3.8, 4) is 0 Å². The Hall–Kier alpha value is -0.780. The van der Waals surface area contributed by atoms with Crippen molar-refractivity contribution in [1.82, 2.24) is 0 Å². The van der Waals surface area contributed by atoms with Gasteiger partial charge in [0.15, 0.2) is 0 Å². The monoisotopic (exact) mass is 246 g/mol. The van der Waals surface area contributed by atoms with Gasteiger partial charge in [0.2, 0.25) is 0 Å². The first-order valence-corrected chi connectivity index (χ1v) is 7.36. The van der Waals surface area contributed by atoms with Crippen LogP contribution in [0.5, 0.6) is 0 Å². The molecule has 0 fully saturated rings. The van der Waals surface area contributed by atoms with Gasteiger partial charge < -0.3 is 0 Å². The Kier molecular flexibility index (Phi) is 4.30. The molecule has 0 spiro atoms. The van der Waals surface area contributed by atoms with E-state index in [0.29, 0.717) is 10.8 Å². The van der Waals surface area contributed by atoms with Crippen molar-refractivity contribution in [2.75, 3.05) is 0 Å². The van der Waals surface area contributed by atoms with Crippen LogP contribution in [0.2, 0.25) is 0 Å². The fourth-order valence-electron chi connectivity index (χ4n) is 2.83. The van der Waals surface area contributed by atoms with Gasteiger partial charge in [-0.25, -0.2) is 0 Å². The van der Waals surface area contributed by atoms with E-state index in [1.807, 2.05) is 13.8 Å². The summed E-state index contributed by atoms with van der Waals surface area (Å²) >= 11 is 0. The van der Waals surface area contributed by atoms with Crippen molar-refractivity contribution >= 4 is 0 Å². The molecule has 1 aromatic rings. The molecular formula is C18H30. The SMILES string of the molecule is CC.Cc1cc2c(cc1C)C(C)(C)CCC2(C)C. The lowest BCUT2D eigenvalue weighted by molar-refractivity contribution is 0.331. The second kappa shape index (κ2) is 5.07. The second-order valence-corrected chi connectivity index (χ2v) is 6.75. The number of aryl methyl sites for hydroxylation is 2. The Labute approximate surface area is 114 Å². The summed E-state index contributed by atoms with van der Waals surface area (Å²) < 4.78 is 0. The van der Waals surface area contributed by atoms with Crippen LogP contribution in [-0.2, 0) is 10.8 Å². The highest BCUT2D eigenvalue weighted by Crippen LogP contribution is 2.46. The van der Waals surface area contributed by atoms with Gasteiger partial charge in [0.25, 0.3) is 0 Å². The predicted octanol–water partition coefficient (Wildman–Crippen LogP) is 5.68. The fourth-order valence-corrected chi connectivity index (χ4v) is 2.83. The van der Waals surface area contributed by atoms with Gasteiger partial charge in [-0.3, -0.25) is 0 Å². The van der Waals surface area contributed by atoms with Gasteiger partial charge in [0.1, 0.15) is 0 Å². The van der Waals surface area contributed by atoms with E-state index in [1.54, 1.807) is 11.1 Å². The van der Waals surface area contributed by atoms with E-state index >= 15 is 0 Å². The number of fused-ring (bicyclic) bond motifs is 1. The summed E-state index contributed by atoms with van der Waals surface area (Å²) in [7, 11) is 0. The van der Waals surface area contributed by atoms with Gasteiger partial charge in [-0.15, -0.1) is 0 Å². The molecule has 0 N–H and O–H groups in total. The number of rotatable bonds is 0. The smallest absolute Gasteiger partial charge is 0.0100 e. The molecule has 0 radical (unpaired) electrons. The van der Waals surface area contributed by atoms with Crippen LogP contribution in [0.15, 0.2) is 12.1 Å². The highest BCUT2D eigenvalue weighted by Gasteiger charge is 2.36. The molecule has 0 atom stereocenters. The molecule has 1 aliphatic carbocycles. The Morgan fingerprint density at radius 2 is 1.00 bits per heavy atom. The Balaban J connectivity index is 0.000000771. The van der Waals surface area contributed by atoms with E-state index in [1.165, 1.54) is 24.0 Å². The zero-order valence-electron chi connectivity index (χ0n) is 13.6. The van der Waals surface area contributed by atoms with Gasteiger partial charge in [-0.05, 0) is 59.8 Å². The summed E-state index contributed by atoms with van der Waals surface area (Å²) in [4.78, 5) is 0. The summed E-state index contributed by atoms with van der Waals surface area (Å²) in [6, 6.07) is 4.84. The summed E-state index contributed by atoms with van der Waals surface area (Å²) in [6.45, 7) is 18.0. The molecule has 0 aromatic heterocycles. The summed E-state index contributed by atoms with van der Waals surface area (Å²) in [6.07, 6.45) is 2.60. The zero-order valence-corrected chi connectivity index (χ0v) is 13.6. The first kappa shape index (κ1) is 15.3. The third-order valence-electron chi connectivity index (χ3n) is 4.47. The molecular weight excluding hydrogens is 216 g/mol.